The van der Waals surface area contributed by atoms with Crippen molar-refractivity contribution in [2.24, 2.45) is 9.98 Å². The fraction of sp³-hybridized carbons (Fsp3) is 0.474. The molecule has 36 heavy (non-hydrogen) atoms. The van der Waals surface area contributed by atoms with Gasteiger partial charge in [-0.15, -0.1) is 0 Å². The van der Waals surface area contributed by atoms with Gasteiger partial charge in [-0.25, -0.2) is 4.99 Å². The quantitative estimate of drug-likeness (QED) is 0.302. The van der Waals surface area contributed by atoms with E-state index in [2.05, 4.69) is 15.4 Å². The van der Waals surface area contributed by atoms with E-state index in [0.29, 0.717) is 17.9 Å². The summed E-state index contributed by atoms with van der Waals surface area (Å²) in [5.74, 6) is -2.14. The Bertz CT molecular complexity index is 1090. The lowest BCUT2D eigenvalue weighted by Crippen LogP contribution is -2.47. The molecule has 0 bridgehead atoms. The van der Waals surface area contributed by atoms with E-state index in [1.807, 2.05) is 13.8 Å². The third kappa shape index (κ3) is 6.17. The number of thioether (sulfide) groups is 1. The van der Waals surface area contributed by atoms with Crippen LogP contribution in [0.2, 0.25) is 10.0 Å². The molecule has 2 aliphatic heterocycles. The summed E-state index contributed by atoms with van der Waals surface area (Å²) in [6.07, 6.45) is -17.3. The molecule has 0 radical (unpaired) electrons. The van der Waals surface area contributed by atoms with E-state index in [0.717, 1.165) is 5.01 Å². The van der Waals surface area contributed by atoms with E-state index in [1.165, 1.54) is 17.1 Å². The molecule has 1 unspecified atom stereocenters. The van der Waals surface area contributed by atoms with Gasteiger partial charge in [0.05, 0.1) is 33.4 Å². The first kappa shape index (κ1) is 28.7. The van der Waals surface area contributed by atoms with Gasteiger partial charge in [-0.05, 0) is 17.4 Å². The lowest BCUT2D eigenvalue weighted by molar-refractivity contribution is -0.137. The largest absolute Gasteiger partial charge is 0.449 e. The van der Waals surface area contributed by atoms with Crippen LogP contribution in [0, 0.1) is 0 Å². The summed E-state index contributed by atoms with van der Waals surface area (Å²) in [6.45, 7) is 3.65. The Morgan fingerprint density at radius 3 is 2.06 bits per heavy atom. The number of nitrogens with one attached hydrogen (secondary N) is 2. The van der Waals surface area contributed by atoms with Gasteiger partial charge in [0.15, 0.2) is 5.84 Å². The first-order chi connectivity index (χ1) is 16.4. The van der Waals surface area contributed by atoms with Gasteiger partial charge in [0.2, 0.25) is 5.84 Å². The van der Waals surface area contributed by atoms with Crippen LogP contribution in [0.25, 0.3) is 0 Å². The maximum atomic E-state index is 13.9. The molecular weight excluding hydrogens is 572 g/mol. The van der Waals surface area contributed by atoms with Gasteiger partial charge < -0.3 is 5.32 Å². The fourth-order valence-corrected chi connectivity index (χ4v) is 4.58. The zero-order valence-electron chi connectivity index (χ0n) is 18.1. The second kappa shape index (κ2) is 10.1. The normalized spacial score (nSPS) is 20.3. The van der Waals surface area contributed by atoms with Crippen molar-refractivity contribution in [2.45, 2.75) is 43.8 Å². The van der Waals surface area contributed by atoms with Crippen LogP contribution in [-0.2, 0) is 6.18 Å². The van der Waals surface area contributed by atoms with Gasteiger partial charge >= 0.3 is 18.5 Å². The Morgan fingerprint density at radius 2 is 1.58 bits per heavy atom. The number of alkyl halides is 9. The Labute approximate surface area is 212 Å². The number of hydrogen-bond donors (Lipinski definition) is 2. The highest BCUT2D eigenvalue weighted by Crippen LogP contribution is 2.43. The van der Waals surface area contributed by atoms with Crippen molar-refractivity contribution in [3.63, 3.8) is 0 Å². The fourth-order valence-electron chi connectivity index (χ4n) is 3.26. The van der Waals surface area contributed by atoms with Crippen molar-refractivity contribution in [2.75, 3.05) is 17.3 Å². The number of nitrogens with zero attached hydrogens (tertiary/aromatic N) is 3. The summed E-state index contributed by atoms with van der Waals surface area (Å²) in [5, 5.41) is 0.893. The van der Waals surface area contributed by atoms with Crippen molar-refractivity contribution >= 4 is 52.3 Å². The number of allylic oxidation sites excluding steroid dienone is 1. The van der Waals surface area contributed by atoms with Crippen molar-refractivity contribution in [1.29, 1.82) is 0 Å². The molecule has 0 aromatic heterocycles. The third-order valence-corrected chi connectivity index (χ3v) is 6.33. The molecular formula is C19H16Cl2F9N5S. The maximum absolute atomic E-state index is 13.9. The van der Waals surface area contributed by atoms with Gasteiger partial charge in [0.1, 0.15) is 11.9 Å². The molecule has 17 heteroatoms. The molecule has 2 N–H and O–H groups in total. The number of aliphatic imine (C=N–C) groups is 2. The van der Waals surface area contributed by atoms with Crippen LogP contribution < -0.4 is 15.8 Å². The number of amidine groups is 2. The van der Waals surface area contributed by atoms with Gasteiger partial charge in [0.25, 0.3) is 0 Å². The molecule has 1 atom stereocenters. The zero-order chi connectivity index (χ0) is 27.2. The highest BCUT2D eigenvalue weighted by atomic mass is 35.5. The first-order valence-electron chi connectivity index (χ1n) is 9.93. The van der Waals surface area contributed by atoms with Crippen molar-refractivity contribution in [3.8, 4) is 0 Å². The number of halogens is 11. The predicted octanol–water partition coefficient (Wildman–Crippen LogP) is 6.58. The summed E-state index contributed by atoms with van der Waals surface area (Å²) in [5.41, 5.74) is -1.93. The molecule has 5 nitrogen and oxygen atoms in total. The summed E-state index contributed by atoms with van der Waals surface area (Å²) in [7, 11) is 0. The number of fused-ring (bicyclic) bond motifs is 1. The van der Waals surface area contributed by atoms with Gasteiger partial charge in [-0.3, -0.25) is 10.0 Å². The molecule has 0 spiro atoms. The number of rotatable bonds is 5. The molecule has 0 amide bonds. The molecule has 1 aromatic carbocycles. The van der Waals surface area contributed by atoms with E-state index >= 15 is 0 Å². The molecule has 1 aromatic rings. The van der Waals surface area contributed by atoms with Crippen molar-refractivity contribution < 1.29 is 39.5 Å². The molecule has 3 rings (SSSR count). The Morgan fingerprint density at radius 1 is 1.00 bits per heavy atom. The number of benzene rings is 1. The third-order valence-electron chi connectivity index (χ3n) is 4.67. The SMILES string of the molecule is CC(C)SCCN=C1C2=C(C(F)(F)F)NC(C(F)(F)F)=NC2NN1c1c(Cl)cc(C(F)(F)F)cc1Cl. The second-order valence-electron chi connectivity index (χ2n) is 7.67. The maximum Gasteiger partial charge on any atom is 0.449 e. The van der Waals surface area contributed by atoms with E-state index in [4.69, 9.17) is 23.2 Å². The zero-order valence-corrected chi connectivity index (χ0v) is 20.5. The lowest BCUT2D eigenvalue weighted by atomic mass is 10.1. The van der Waals surface area contributed by atoms with E-state index in [-0.39, 0.29) is 11.8 Å². The molecule has 2 aliphatic rings. The lowest BCUT2D eigenvalue weighted by Gasteiger charge is -2.25. The summed E-state index contributed by atoms with van der Waals surface area (Å²) in [6, 6.07) is 0.973. The Hall–Kier alpha value is -1.84. The number of hydrazine groups is 1. The van der Waals surface area contributed by atoms with Crippen LogP contribution in [0.3, 0.4) is 0 Å². The monoisotopic (exact) mass is 587 g/mol. The Balaban J connectivity index is 2.19. The van der Waals surface area contributed by atoms with Crippen LogP contribution in [0.5, 0.6) is 0 Å². The van der Waals surface area contributed by atoms with Crippen LogP contribution in [0.15, 0.2) is 33.4 Å². The highest BCUT2D eigenvalue weighted by molar-refractivity contribution is 7.99. The summed E-state index contributed by atoms with van der Waals surface area (Å²) >= 11 is 13.4. The average molecular weight is 588 g/mol. The minimum atomic E-state index is -5.29. The molecule has 0 aliphatic carbocycles. The summed E-state index contributed by atoms with van der Waals surface area (Å²) in [4.78, 5) is 7.41. The molecule has 1 fully saturated rings. The Kier molecular flexibility index (Phi) is 8.09. The minimum Gasteiger partial charge on any atom is -0.332 e. The first-order valence-corrected chi connectivity index (χ1v) is 11.7. The smallest absolute Gasteiger partial charge is 0.332 e. The predicted molar refractivity (Wildman–Crippen MR) is 120 cm³/mol. The van der Waals surface area contributed by atoms with Crippen molar-refractivity contribution in [1.82, 2.24) is 10.7 Å². The molecule has 0 saturated carbocycles. The van der Waals surface area contributed by atoms with Crippen molar-refractivity contribution in [3.05, 3.63) is 39.0 Å². The topological polar surface area (TPSA) is 52.0 Å². The highest BCUT2D eigenvalue weighted by Gasteiger charge is 2.52. The van der Waals surface area contributed by atoms with Gasteiger partial charge in [-0.2, -0.15) is 56.7 Å². The minimum absolute atomic E-state index is 0.0799. The second-order valence-corrected chi connectivity index (χ2v) is 10.2. The van der Waals surface area contributed by atoms with Crippen LogP contribution in [-0.4, -0.2) is 47.7 Å². The molecule has 200 valence electrons. The molecule has 1 saturated heterocycles. The van der Waals surface area contributed by atoms with Crippen LogP contribution in [0.1, 0.15) is 19.4 Å². The number of anilines is 1. The van der Waals surface area contributed by atoms with Crippen LogP contribution >= 0.6 is 35.0 Å². The van der Waals surface area contributed by atoms with E-state index < -0.39 is 68.9 Å². The van der Waals surface area contributed by atoms with Gasteiger partial charge in [-0.1, -0.05) is 37.0 Å². The van der Waals surface area contributed by atoms with Crippen LogP contribution in [0.4, 0.5) is 45.2 Å². The standard InChI is InChI=1S/C19H16Cl2F9N5S/c1-7(2)36-4-3-31-15-11-13(18(25,26)27)32-16(19(28,29)30)33-14(11)34-35(15)12-9(20)5-8(6-10(12)21)17(22,23)24/h5-7,14,34H,3-4H2,1-2H3,(H,32,33). The van der Waals surface area contributed by atoms with Gasteiger partial charge in [0, 0.05) is 5.75 Å². The average Bonchev–Trinajstić information content (AvgIpc) is 3.05. The molecule has 2 heterocycles. The van der Waals surface area contributed by atoms with E-state index in [1.54, 1.807) is 0 Å². The summed E-state index contributed by atoms with van der Waals surface area (Å²) < 4.78 is 121. The number of hydrogen-bond acceptors (Lipinski definition) is 5. The van der Waals surface area contributed by atoms with E-state index in [9.17, 15) is 39.5 Å².